The summed E-state index contributed by atoms with van der Waals surface area (Å²) in [4.78, 5) is 19.2. The van der Waals surface area contributed by atoms with E-state index < -0.39 is 0 Å². The van der Waals surface area contributed by atoms with Gasteiger partial charge in [0.15, 0.2) is 0 Å². The summed E-state index contributed by atoms with van der Waals surface area (Å²) < 4.78 is 0. The quantitative estimate of drug-likeness (QED) is 0.948. The lowest BCUT2D eigenvalue weighted by molar-refractivity contribution is 0.0767. The van der Waals surface area contributed by atoms with Crippen LogP contribution in [0.4, 0.5) is 0 Å². The number of aromatic nitrogens is 1. The third kappa shape index (κ3) is 2.63. The molecule has 1 fully saturated rings. The first-order valence-corrected chi connectivity index (χ1v) is 8.37. The molecule has 0 spiro atoms. The van der Waals surface area contributed by atoms with E-state index in [0.717, 1.165) is 23.5 Å². The molecular weight excluding hydrogens is 292 g/mol. The average Bonchev–Trinajstić information content (AvgIpc) is 3.17. The van der Waals surface area contributed by atoms with Gasteiger partial charge in [0.2, 0.25) is 0 Å². The lowest BCUT2D eigenvalue weighted by atomic mass is 10.0. The third-order valence-electron chi connectivity index (χ3n) is 3.68. The minimum atomic E-state index is -0.351. The molecule has 0 saturated carbocycles. The van der Waals surface area contributed by atoms with E-state index in [1.807, 2.05) is 21.7 Å². The first-order valence-electron chi connectivity index (χ1n) is 6.61. The molecule has 0 radical (unpaired) electrons. The Morgan fingerprint density at radius 1 is 1.60 bits per heavy atom. The van der Waals surface area contributed by atoms with Crippen LogP contribution in [0.25, 0.3) is 10.6 Å². The number of rotatable bonds is 3. The molecule has 0 bridgehead atoms. The number of likely N-dealkylation sites (tertiary alicyclic amines) is 1. The molecule has 0 aromatic carbocycles. The van der Waals surface area contributed by atoms with Crippen LogP contribution in [0.2, 0.25) is 0 Å². The Morgan fingerprint density at radius 3 is 3.10 bits per heavy atom. The van der Waals surface area contributed by atoms with Gasteiger partial charge in [0.25, 0.3) is 5.91 Å². The highest BCUT2D eigenvalue weighted by Crippen LogP contribution is 2.29. The Bertz CT molecular complexity index is 592. The Kier molecular flexibility index (Phi) is 3.87. The molecule has 2 unspecified atom stereocenters. The van der Waals surface area contributed by atoms with Crippen LogP contribution in [0.3, 0.4) is 0 Å². The summed E-state index contributed by atoms with van der Waals surface area (Å²) in [6, 6.07) is 2.01. The van der Waals surface area contributed by atoms with E-state index in [0.29, 0.717) is 11.4 Å². The van der Waals surface area contributed by atoms with E-state index in [1.165, 1.54) is 11.3 Å². The maximum absolute atomic E-state index is 12.4. The molecule has 1 aliphatic rings. The number of aliphatic hydroxyl groups is 1. The summed E-state index contributed by atoms with van der Waals surface area (Å²) in [5.41, 5.74) is 1.07. The smallest absolute Gasteiger partial charge is 0.265 e. The van der Waals surface area contributed by atoms with Crippen molar-refractivity contribution in [2.45, 2.75) is 19.4 Å². The van der Waals surface area contributed by atoms with Gasteiger partial charge in [0, 0.05) is 30.0 Å². The van der Waals surface area contributed by atoms with Crippen LogP contribution in [0.1, 0.15) is 23.0 Å². The van der Waals surface area contributed by atoms with Gasteiger partial charge in [-0.2, -0.15) is 11.3 Å². The number of carbonyl (C=O) groups excluding carboxylic acids is 1. The molecule has 0 aliphatic carbocycles. The second-order valence-electron chi connectivity index (χ2n) is 5.08. The topological polar surface area (TPSA) is 53.4 Å². The number of hydrogen-bond acceptors (Lipinski definition) is 5. The molecule has 1 aliphatic heterocycles. The lowest BCUT2D eigenvalue weighted by Crippen LogP contribution is -2.29. The molecule has 6 heteroatoms. The van der Waals surface area contributed by atoms with Crippen molar-refractivity contribution in [1.29, 1.82) is 0 Å². The van der Waals surface area contributed by atoms with Gasteiger partial charge in [0.05, 0.1) is 12.3 Å². The van der Waals surface area contributed by atoms with Crippen LogP contribution in [0.5, 0.6) is 0 Å². The van der Waals surface area contributed by atoms with E-state index in [2.05, 4.69) is 4.98 Å². The molecule has 106 valence electrons. The van der Waals surface area contributed by atoms with Crippen molar-refractivity contribution in [1.82, 2.24) is 9.88 Å². The van der Waals surface area contributed by atoms with E-state index in [-0.39, 0.29) is 17.9 Å². The van der Waals surface area contributed by atoms with Crippen molar-refractivity contribution in [3.63, 3.8) is 0 Å². The molecule has 1 amide bonds. The zero-order valence-corrected chi connectivity index (χ0v) is 12.8. The molecule has 2 atom stereocenters. The van der Waals surface area contributed by atoms with E-state index in [4.69, 9.17) is 0 Å². The first kappa shape index (κ1) is 13.7. The molecule has 3 heterocycles. The highest BCUT2D eigenvalue weighted by atomic mass is 32.1. The van der Waals surface area contributed by atoms with Gasteiger partial charge in [-0.3, -0.25) is 4.79 Å². The number of thiazole rings is 1. The predicted molar refractivity (Wildman–Crippen MR) is 81.1 cm³/mol. The molecule has 2 aromatic heterocycles. The van der Waals surface area contributed by atoms with Crippen molar-refractivity contribution in [2.75, 3.05) is 13.1 Å². The minimum Gasteiger partial charge on any atom is -0.393 e. The fourth-order valence-electron chi connectivity index (χ4n) is 2.41. The minimum absolute atomic E-state index is 0.0344. The number of amides is 1. The Balaban J connectivity index is 1.72. The first-order chi connectivity index (χ1) is 9.65. The molecule has 2 aromatic rings. The molecule has 20 heavy (non-hydrogen) atoms. The number of nitrogens with zero attached hydrogens (tertiary/aromatic N) is 2. The summed E-state index contributed by atoms with van der Waals surface area (Å²) >= 11 is 3.06. The zero-order valence-electron chi connectivity index (χ0n) is 11.2. The summed E-state index contributed by atoms with van der Waals surface area (Å²) in [6.45, 7) is 3.16. The second kappa shape index (κ2) is 5.63. The Hall–Kier alpha value is -1.24. The van der Waals surface area contributed by atoms with Crippen LogP contribution in [0.15, 0.2) is 23.0 Å². The third-order valence-corrected chi connectivity index (χ3v) is 5.40. The van der Waals surface area contributed by atoms with E-state index in [9.17, 15) is 9.90 Å². The van der Waals surface area contributed by atoms with Gasteiger partial charge in [0.1, 0.15) is 9.88 Å². The van der Waals surface area contributed by atoms with Crippen LogP contribution in [0, 0.1) is 5.92 Å². The van der Waals surface area contributed by atoms with Gasteiger partial charge >= 0.3 is 0 Å². The van der Waals surface area contributed by atoms with Crippen LogP contribution in [-0.2, 0) is 0 Å². The average molecular weight is 308 g/mol. The largest absolute Gasteiger partial charge is 0.393 e. The SMILES string of the molecule is CC(O)C1CCN(C(=O)c2cnc(-c3ccsc3)s2)C1. The summed E-state index contributed by atoms with van der Waals surface area (Å²) in [5, 5.41) is 14.5. The van der Waals surface area contributed by atoms with E-state index >= 15 is 0 Å². The van der Waals surface area contributed by atoms with Crippen molar-refractivity contribution in [2.24, 2.45) is 5.92 Å². The maximum atomic E-state index is 12.4. The van der Waals surface area contributed by atoms with Crippen molar-refractivity contribution < 1.29 is 9.90 Å². The normalized spacial score (nSPS) is 20.3. The van der Waals surface area contributed by atoms with Crippen LogP contribution >= 0.6 is 22.7 Å². The van der Waals surface area contributed by atoms with Gasteiger partial charge in [-0.15, -0.1) is 11.3 Å². The number of aliphatic hydroxyl groups excluding tert-OH is 1. The van der Waals surface area contributed by atoms with Crippen LogP contribution in [-0.4, -0.2) is 40.1 Å². The van der Waals surface area contributed by atoms with Gasteiger partial charge < -0.3 is 10.0 Å². The van der Waals surface area contributed by atoms with Crippen molar-refractivity contribution in [3.8, 4) is 10.6 Å². The number of thiophene rings is 1. The van der Waals surface area contributed by atoms with Crippen molar-refractivity contribution >= 4 is 28.6 Å². The Labute approximate surface area is 125 Å². The highest BCUT2D eigenvalue weighted by molar-refractivity contribution is 7.17. The molecule has 4 nitrogen and oxygen atoms in total. The fraction of sp³-hybridized carbons (Fsp3) is 0.429. The standard InChI is InChI=1S/C14H16N2O2S2/c1-9(17)10-2-4-16(7-10)14(18)12-6-15-13(20-12)11-3-5-19-8-11/h3,5-6,8-10,17H,2,4,7H2,1H3. The fourth-order valence-corrected chi connectivity index (χ4v) is 4.01. The monoisotopic (exact) mass is 308 g/mol. The van der Waals surface area contributed by atoms with Crippen LogP contribution < -0.4 is 0 Å². The van der Waals surface area contributed by atoms with Crippen molar-refractivity contribution in [3.05, 3.63) is 27.9 Å². The summed E-state index contributed by atoms with van der Waals surface area (Å²) in [5.74, 6) is 0.232. The highest BCUT2D eigenvalue weighted by Gasteiger charge is 2.30. The second-order valence-corrected chi connectivity index (χ2v) is 6.89. The molecule has 1 saturated heterocycles. The van der Waals surface area contributed by atoms with E-state index in [1.54, 1.807) is 24.5 Å². The maximum Gasteiger partial charge on any atom is 0.265 e. The zero-order chi connectivity index (χ0) is 14.1. The summed E-state index contributed by atoms with van der Waals surface area (Å²) in [6.07, 6.45) is 2.19. The molecular formula is C14H16N2O2S2. The van der Waals surface area contributed by atoms with Gasteiger partial charge in [-0.25, -0.2) is 4.98 Å². The Morgan fingerprint density at radius 2 is 2.45 bits per heavy atom. The summed E-state index contributed by atoms with van der Waals surface area (Å²) in [7, 11) is 0. The predicted octanol–water partition coefficient (Wildman–Crippen LogP) is 2.71. The molecule has 3 rings (SSSR count). The van der Waals surface area contributed by atoms with Gasteiger partial charge in [-0.1, -0.05) is 0 Å². The van der Waals surface area contributed by atoms with Gasteiger partial charge in [-0.05, 0) is 24.8 Å². The molecule has 1 N–H and O–H groups in total. The number of hydrogen-bond donors (Lipinski definition) is 1. The number of carbonyl (C=O) groups is 1. The lowest BCUT2D eigenvalue weighted by Gasteiger charge is -2.16.